The minimum atomic E-state index is -0.862. The van der Waals surface area contributed by atoms with Crippen LogP contribution in [0.4, 0.5) is 0 Å². The molecule has 5 heteroatoms. The van der Waals surface area contributed by atoms with E-state index in [1.54, 1.807) is 42.5 Å². The van der Waals surface area contributed by atoms with Crippen molar-refractivity contribution in [1.29, 1.82) is 0 Å². The van der Waals surface area contributed by atoms with E-state index in [9.17, 15) is 10.2 Å². The highest BCUT2D eigenvalue weighted by Gasteiger charge is 2.32. The van der Waals surface area contributed by atoms with Crippen molar-refractivity contribution >= 4 is 34.8 Å². The number of halogens is 3. The Hall–Kier alpha value is -0.770. The van der Waals surface area contributed by atoms with E-state index in [0.29, 0.717) is 27.1 Å². The molecular formula is C16H15Cl3O2. The van der Waals surface area contributed by atoms with Crippen molar-refractivity contribution in [2.45, 2.75) is 11.8 Å². The Bertz CT molecular complexity index is 587. The Morgan fingerprint density at radius 2 is 1.33 bits per heavy atom. The normalized spacial score (nSPS) is 11.7. The number of hydrogen-bond acceptors (Lipinski definition) is 2. The number of aliphatic hydroxyl groups excluding tert-OH is 2. The zero-order valence-corrected chi connectivity index (χ0v) is 13.5. The van der Waals surface area contributed by atoms with Crippen molar-refractivity contribution in [2.75, 3.05) is 13.2 Å². The molecule has 0 saturated heterocycles. The average Bonchev–Trinajstić information content (AvgIpc) is 2.49. The summed E-state index contributed by atoms with van der Waals surface area (Å²) in [5, 5.41) is 21.4. The van der Waals surface area contributed by atoms with E-state index in [2.05, 4.69) is 0 Å². The van der Waals surface area contributed by atoms with Crippen molar-refractivity contribution in [3.05, 3.63) is 68.7 Å². The first-order valence-electron chi connectivity index (χ1n) is 6.43. The highest BCUT2D eigenvalue weighted by molar-refractivity contribution is 6.36. The summed E-state index contributed by atoms with van der Waals surface area (Å²) in [4.78, 5) is 0. The Morgan fingerprint density at radius 3 is 1.81 bits per heavy atom. The molecule has 0 aliphatic heterocycles. The van der Waals surface area contributed by atoms with Gasteiger partial charge in [-0.3, -0.25) is 0 Å². The molecule has 0 aromatic heterocycles. The number of hydrogen-bond donors (Lipinski definition) is 2. The molecule has 0 aliphatic carbocycles. The van der Waals surface area contributed by atoms with Crippen molar-refractivity contribution in [2.24, 2.45) is 0 Å². The quantitative estimate of drug-likeness (QED) is 0.856. The summed E-state index contributed by atoms with van der Waals surface area (Å²) >= 11 is 18.3. The first kappa shape index (κ1) is 16.6. The molecule has 21 heavy (non-hydrogen) atoms. The fourth-order valence-electron chi connectivity index (χ4n) is 2.29. The topological polar surface area (TPSA) is 40.5 Å². The molecule has 2 aromatic rings. The van der Waals surface area contributed by atoms with Crippen molar-refractivity contribution in [3.8, 4) is 0 Å². The summed E-state index contributed by atoms with van der Waals surface area (Å²) < 4.78 is 0. The minimum absolute atomic E-state index is 0.229. The van der Waals surface area contributed by atoms with Gasteiger partial charge in [0.25, 0.3) is 0 Å². The monoisotopic (exact) mass is 344 g/mol. The van der Waals surface area contributed by atoms with Gasteiger partial charge in [-0.2, -0.15) is 0 Å². The third-order valence-electron chi connectivity index (χ3n) is 3.64. The first-order valence-corrected chi connectivity index (χ1v) is 7.56. The fraction of sp³-hybridized carbons (Fsp3) is 0.250. The summed E-state index contributed by atoms with van der Waals surface area (Å²) in [7, 11) is 0. The Morgan fingerprint density at radius 1 is 0.810 bits per heavy atom. The average molecular weight is 346 g/mol. The van der Waals surface area contributed by atoms with Crippen LogP contribution < -0.4 is 0 Å². The number of rotatable bonds is 5. The van der Waals surface area contributed by atoms with Gasteiger partial charge in [0.1, 0.15) is 0 Å². The van der Waals surface area contributed by atoms with Gasteiger partial charge in [0.2, 0.25) is 0 Å². The van der Waals surface area contributed by atoms with Gasteiger partial charge in [-0.05, 0) is 41.8 Å². The molecule has 0 heterocycles. The minimum Gasteiger partial charge on any atom is -0.395 e. The molecule has 0 unspecified atom stereocenters. The molecular weight excluding hydrogens is 331 g/mol. The molecule has 2 rings (SSSR count). The molecule has 0 aliphatic rings. The standard InChI is InChI=1S/C16H15Cl3O2/c17-12-6-4-11(5-7-12)16(9-20,10-21)8-13-14(18)2-1-3-15(13)19/h1-7,20-21H,8-10H2. The molecule has 0 bridgehead atoms. The zero-order valence-electron chi connectivity index (χ0n) is 11.2. The maximum Gasteiger partial charge on any atom is 0.0553 e. The van der Waals surface area contributed by atoms with Crippen LogP contribution in [0.15, 0.2) is 42.5 Å². The van der Waals surface area contributed by atoms with Crippen LogP contribution in [0.25, 0.3) is 0 Å². The predicted molar refractivity (Wildman–Crippen MR) is 87.5 cm³/mol. The fourth-order valence-corrected chi connectivity index (χ4v) is 2.95. The van der Waals surface area contributed by atoms with Crippen LogP contribution in [0.1, 0.15) is 11.1 Å². The second-order valence-electron chi connectivity index (χ2n) is 4.98. The van der Waals surface area contributed by atoms with Crippen LogP contribution in [-0.4, -0.2) is 23.4 Å². The molecule has 0 radical (unpaired) electrons. The predicted octanol–water partition coefficient (Wildman–Crippen LogP) is 4.11. The smallest absolute Gasteiger partial charge is 0.0553 e. The second kappa shape index (κ2) is 6.99. The van der Waals surface area contributed by atoms with Crippen molar-refractivity contribution in [1.82, 2.24) is 0 Å². The molecule has 2 N–H and O–H groups in total. The SMILES string of the molecule is OCC(CO)(Cc1c(Cl)cccc1Cl)c1ccc(Cl)cc1. The Labute approximate surface area is 138 Å². The van der Waals surface area contributed by atoms with Gasteiger partial charge < -0.3 is 10.2 Å². The molecule has 2 aromatic carbocycles. The van der Waals surface area contributed by atoms with Gasteiger partial charge in [-0.15, -0.1) is 0 Å². The second-order valence-corrected chi connectivity index (χ2v) is 6.23. The molecule has 112 valence electrons. The summed E-state index contributed by atoms with van der Waals surface area (Å²) in [5.74, 6) is 0. The van der Waals surface area contributed by atoms with Gasteiger partial charge in [0, 0.05) is 20.5 Å². The summed E-state index contributed by atoms with van der Waals surface area (Å²) in [6, 6.07) is 12.3. The van der Waals surface area contributed by atoms with Crippen LogP contribution in [0.5, 0.6) is 0 Å². The Balaban J connectivity index is 2.45. The third kappa shape index (κ3) is 3.53. The van der Waals surface area contributed by atoms with Crippen molar-refractivity contribution in [3.63, 3.8) is 0 Å². The molecule has 0 atom stereocenters. The zero-order chi connectivity index (χ0) is 15.5. The lowest BCUT2D eigenvalue weighted by molar-refractivity contribution is 0.116. The number of aliphatic hydroxyl groups is 2. The molecule has 0 fully saturated rings. The van der Waals surface area contributed by atoms with E-state index >= 15 is 0 Å². The van der Waals surface area contributed by atoms with Crippen LogP contribution in [0.2, 0.25) is 15.1 Å². The molecule has 0 amide bonds. The molecule has 2 nitrogen and oxygen atoms in total. The third-order valence-corrected chi connectivity index (χ3v) is 4.60. The van der Waals surface area contributed by atoms with Gasteiger partial charge >= 0.3 is 0 Å². The highest BCUT2D eigenvalue weighted by atomic mass is 35.5. The van der Waals surface area contributed by atoms with Gasteiger partial charge in [0.15, 0.2) is 0 Å². The molecule has 0 spiro atoms. The van der Waals surface area contributed by atoms with Crippen LogP contribution in [0.3, 0.4) is 0 Å². The Kier molecular flexibility index (Phi) is 5.53. The lowest BCUT2D eigenvalue weighted by Crippen LogP contribution is -2.37. The van der Waals surface area contributed by atoms with Crippen molar-refractivity contribution < 1.29 is 10.2 Å². The first-order chi connectivity index (χ1) is 10.0. The summed E-state index contributed by atoms with van der Waals surface area (Å²) in [6.45, 7) is -0.459. The largest absolute Gasteiger partial charge is 0.395 e. The van der Waals surface area contributed by atoms with E-state index in [0.717, 1.165) is 5.56 Å². The maximum absolute atomic E-state index is 9.86. The number of benzene rings is 2. The van der Waals surface area contributed by atoms with Gasteiger partial charge in [-0.1, -0.05) is 53.0 Å². The van der Waals surface area contributed by atoms with E-state index < -0.39 is 5.41 Å². The van der Waals surface area contributed by atoms with Crippen LogP contribution in [0, 0.1) is 0 Å². The van der Waals surface area contributed by atoms with Crippen LogP contribution in [-0.2, 0) is 11.8 Å². The van der Waals surface area contributed by atoms with Crippen LogP contribution >= 0.6 is 34.8 Å². The maximum atomic E-state index is 9.86. The summed E-state index contributed by atoms with van der Waals surface area (Å²) in [5.41, 5.74) is 0.630. The van der Waals surface area contributed by atoms with E-state index in [1.165, 1.54) is 0 Å². The van der Waals surface area contributed by atoms with Gasteiger partial charge in [0.05, 0.1) is 13.2 Å². The summed E-state index contributed by atoms with van der Waals surface area (Å²) in [6.07, 6.45) is 0.333. The lowest BCUT2D eigenvalue weighted by atomic mass is 9.77. The van der Waals surface area contributed by atoms with E-state index in [-0.39, 0.29) is 13.2 Å². The van der Waals surface area contributed by atoms with E-state index in [4.69, 9.17) is 34.8 Å². The lowest BCUT2D eigenvalue weighted by Gasteiger charge is -2.31. The highest BCUT2D eigenvalue weighted by Crippen LogP contribution is 2.34. The van der Waals surface area contributed by atoms with Gasteiger partial charge in [-0.25, -0.2) is 0 Å². The molecule has 0 saturated carbocycles. The van der Waals surface area contributed by atoms with E-state index in [1.807, 2.05) is 0 Å².